The number of unbranched alkanes of at least 4 members (excludes halogenated alkanes) is 1. The molecular formula is C20H19ClO3. The Bertz CT molecular complexity index is 899. The summed E-state index contributed by atoms with van der Waals surface area (Å²) in [5.41, 5.74) is 2.27. The van der Waals surface area contributed by atoms with E-state index >= 15 is 0 Å². The van der Waals surface area contributed by atoms with Gasteiger partial charge in [0, 0.05) is 22.5 Å². The van der Waals surface area contributed by atoms with Crippen molar-refractivity contribution >= 4 is 22.6 Å². The Balaban J connectivity index is 1.84. The van der Waals surface area contributed by atoms with Gasteiger partial charge in [-0.1, -0.05) is 37.1 Å². The number of benzene rings is 2. The lowest BCUT2D eigenvalue weighted by atomic mass is 10.0. The second kappa shape index (κ2) is 7.54. The van der Waals surface area contributed by atoms with Crippen LogP contribution in [0.3, 0.4) is 0 Å². The van der Waals surface area contributed by atoms with Gasteiger partial charge in [-0.15, -0.1) is 0 Å². The molecule has 0 amide bonds. The molecular weight excluding hydrogens is 324 g/mol. The first-order valence-electron chi connectivity index (χ1n) is 8.10. The summed E-state index contributed by atoms with van der Waals surface area (Å²) in [4.78, 5) is 11.8. The molecule has 0 saturated heterocycles. The van der Waals surface area contributed by atoms with Gasteiger partial charge in [0.15, 0.2) is 0 Å². The zero-order chi connectivity index (χ0) is 16.9. The van der Waals surface area contributed by atoms with Crippen LogP contribution in [0.1, 0.15) is 30.9 Å². The minimum absolute atomic E-state index is 0.319. The molecule has 0 aliphatic carbocycles. The van der Waals surface area contributed by atoms with Gasteiger partial charge in [-0.3, -0.25) is 0 Å². The van der Waals surface area contributed by atoms with Crippen molar-refractivity contribution in [2.75, 3.05) is 0 Å². The molecule has 2 aromatic carbocycles. The van der Waals surface area contributed by atoms with Crippen LogP contribution in [0.2, 0.25) is 5.02 Å². The molecule has 0 N–H and O–H groups in total. The van der Waals surface area contributed by atoms with Gasteiger partial charge in [-0.25, -0.2) is 4.79 Å². The second-order valence-electron chi connectivity index (χ2n) is 5.77. The largest absolute Gasteiger partial charge is 0.489 e. The maximum Gasteiger partial charge on any atom is 0.336 e. The van der Waals surface area contributed by atoms with Gasteiger partial charge in [-0.2, -0.15) is 0 Å². The highest BCUT2D eigenvalue weighted by Crippen LogP contribution is 2.24. The molecule has 3 rings (SSSR count). The van der Waals surface area contributed by atoms with Gasteiger partial charge in [-0.05, 0) is 48.2 Å². The molecule has 0 aliphatic rings. The third-order valence-electron chi connectivity index (χ3n) is 3.90. The molecule has 4 heteroatoms. The number of fused-ring (bicyclic) bond motifs is 1. The lowest BCUT2D eigenvalue weighted by Crippen LogP contribution is -2.01. The van der Waals surface area contributed by atoms with Crippen molar-refractivity contribution in [2.24, 2.45) is 0 Å². The highest BCUT2D eigenvalue weighted by molar-refractivity contribution is 6.30. The average Bonchev–Trinajstić information content (AvgIpc) is 2.57. The van der Waals surface area contributed by atoms with E-state index in [0.717, 1.165) is 35.8 Å². The highest BCUT2D eigenvalue weighted by atomic mass is 35.5. The van der Waals surface area contributed by atoms with Crippen molar-refractivity contribution in [1.82, 2.24) is 0 Å². The van der Waals surface area contributed by atoms with Gasteiger partial charge >= 0.3 is 5.63 Å². The van der Waals surface area contributed by atoms with Crippen molar-refractivity contribution in [1.29, 1.82) is 0 Å². The van der Waals surface area contributed by atoms with Crippen LogP contribution >= 0.6 is 11.6 Å². The third-order valence-corrected chi connectivity index (χ3v) is 4.13. The first-order valence-corrected chi connectivity index (χ1v) is 8.47. The minimum atomic E-state index is -0.319. The Labute approximate surface area is 145 Å². The summed E-state index contributed by atoms with van der Waals surface area (Å²) in [6.07, 6.45) is 3.01. The van der Waals surface area contributed by atoms with Crippen LogP contribution in [0.25, 0.3) is 11.0 Å². The van der Waals surface area contributed by atoms with Crippen molar-refractivity contribution < 1.29 is 9.15 Å². The summed E-state index contributed by atoms with van der Waals surface area (Å²) in [6.45, 7) is 2.54. The van der Waals surface area contributed by atoms with Crippen LogP contribution in [0.15, 0.2) is 57.7 Å². The summed E-state index contributed by atoms with van der Waals surface area (Å²) >= 11 is 5.98. The fourth-order valence-electron chi connectivity index (χ4n) is 2.67. The quantitative estimate of drug-likeness (QED) is 0.565. The van der Waals surface area contributed by atoms with Crippen LogP contribution in [-0.4, -0.2) is 0 Å². The number of rotatable bonds is 6. The number of hydrogen-bond donors (Lipinski definition) is 0. The van der Waals surface area contributed by atoms with Crippen LogP contribution < -0.4 is 10.4 Å². The van der Waals surface area contributed by atoms with Gasteiger partial charge in [0.25, 0.3) is 0 Å². The second-order valence-corrected chi connectivity index (χ2v) is 6.21. The standard InChI is InChI=1S/C20H19ClO3/c1-2-3-6-15-11-20(22)24-19-12-17(8-9-18(15)19)23-13-14-5-4-7-16(21)10-14/h4-5,7-12H,2-3,6,13H2,1H3. The van der Waals surface area contributed by atoms with Crippen LogP contribution in [-0.2, 0) is 13.0 Å². The number of hydrogen-bond acceptors (Lipinski definition) is 3. The molecule has 0 bridgehead atoms. The molecule has 0 aliphatic heterocycles. The maximum absolute atomic E-state index is 11.8. The molecule has 0 unspecified atom stereocenters. The Morgan fingerprint density at radius 2 is 2.00 bits per heavy atom. The van der Waals surface area contributed by atoms with E-state index in [-0.39, 0.29) is 5.63 Å². The van der Waals surface area contributed by atoms with Gasteiger partial charge in [0.2, 0.25) is 0 Å². The monoisotopic (exact) mass is 342 g/mol. The van der Waals surface area contributed by atoms with Crippen LogP contribution in [0, 0.1) is 0 Å². The van der Waals surface area contributed by atoms with Crippen molar-refractivity contribution in [3.8, 4) is 5.75 Å². The molecule has 1 heterocycles. The van der Waals surface area contributed by atoms with Gasteiger partial charge < -0.3 is 9.15 Å². The molecule has 1 aromatic heterocycles. The molecule has 0 fully saturated rings. The Morgan fingerprint density at radius 3 is 2.79 bits per heavy atom. The molecule has 0 atom stereocenters. The summed E-state index contributed by atoms with van der Waals surface area (Å²) in [7, 11) is 0. The predicted octanol–water partition coefficient (Wildman–Crippen LogP) is 5.37. The van der Waals surface area contributed by atoms with E-state index in [1.54, 1.807) is 12.1 Å². The summed E-state index contributed by atoms with van der Waals surface area (Å²) < 4.78 is 11.1. The smallest absolute Gasteiger partial charge is 0.336 e. The normalized spacial score (nSPS) is 10.9. The fourth-order valence-corrected chi connectivity index (χ4v) is 2.88. The molecule has 0 saturated carbocycles. The van der Waals surface area contributed by atoms with Crippen molar-refractivity contribution in [2.45, 2.75) is 32.8 Å². The van der Waals surface area contributed by atoms with Crippen molar-refractivity contribution in [3.05, 3.63) is 75.1 Å². The summed E-state index contributed by atoms with van der Waals surface area (Å²) in [5.74, 6) is 0.665. The van der Waals surface area contributed by atoms with E-state index in [2.05, 4.69) is 6.92 Å². The number of aryl methyl sites for hydroxylation is 1. The van der Waals surface area contributed by atoms with E-state index in [4.69, 9.17) is 20.8 Å². The van der Waals surface area contributed by atoms with E-state index in [1.807, 2.05) is 36.4 Å². The van der Waals surface area contributed by atoms with Crippen LogP contribution in [0.4, 0.5) is 0 Å². The zero-order valence-electron chi connectivity index (χ0n) is 13.5. The first-order chi connectivity index (χ1) is 11.7. The molecule has 3 aromatic rings. The minimum Gasteiger partial charge on any atom is -0.489 e. The SMILES string of the molecule is CCCCc1cc(=O)oc2cc(OCc3cccc(Cl)c3)ccc12. The van der Waals surface area contributed by atoms with Gasteiger partial charge in [0.1, 0.15) is 17.9 Å². The predicted molar refractivity (Wildman–Crippen MR) is 96.9 cm³/mol. The molecule has 3 nitrogen and oxygen atoms in total. The van der Waals surface area contributed by atoms with Gasteiger partial charge in [0.05, 0.1) is 0 Å². The van der Waals surface area contributed by atoms with E-state index in [0.29, 0.717) is 23.0 Å². The molecule has 0 spiro atoms. The van der Waals surface area contributed by atoms with E-state index in [9.17, 15) is 4.79 Å². The number of halogens is 1. The number of ether oxygens (including phenoxy) is 1. The van der Waals surface area contributed by atoms with E-state index in [1.165, 1.54) is 0 Å². The summed E-state index contributed by atoms with van der Waals surface area (Å²) in [6, 6.07) is 14.8. The lowest BCUT2D eigenvalue weighted by Gasteiger charge is -2.09. The molecule has 24 heavy (non-hydrogen) atoms. The average molecular weight is 343 g/mol. The molecule has 124 valence electrons. The van der Waals surface area contributed by atoms with Crippen molar-refractivity contribution in [3.63, 3.8) is 0 Å². The third kappa shape index (κ3) is 3.98. The zero-order valence-corrected chi connectivity index (χ0v) is 14.3. The summed E-state index contributed by atoms with van der Waals surface area (Å²) in [5, 5.41) is 1.65. The van der Waals surface area contributed by atoms with E-state index < -0.39 is 0 Å². The van der Waals surface area contributed by atoms with Crippen LogP contribution in [0.5, 0.6) is 5.75 Å². The maximum atomic E-state index is 11.8. The first kappa shape index (κ1) is 16.6. The highest BCUT2D eigenvalue weighted by Gasteiger charge is 2.07. The fraction of sp³-hybridized carbons (Fsp3) is 0.250. The molecule has 0 radical (unpaired) electrons. The Morgan fingerprint density at radius 1 is 1.12 bits per heavy atom. The Hall–Kier alpha value is -2.26. The lowest BCUT2D eigenvalue weighted by molar-refractivity contribution is 0.306. The topological polar surface area (TPSA) is 39.4 Å². The Kier molecular flexibility index (Phi) is 5.21.